The highest BCUT2D eigenvalue weighted by Gasteiger charge is 2.11. The lowest BCUT2D eigenvalue weighted by Crippen LogP contribution is -2.03. The topological polar surface area (TPSA) is 79.0 Å². The molecular formula is C19H18FN3O2. The van der Waals surface area contributed by atoms with E-state index in [1.54, 1.807) is 6.07 Å². The van der Waals surface area contributed by atoms with Crippen molar-refractivity contribution in [1.82, 2.24) is 0 Å². The smallest absolute Gasteiger partial charge is 0.258 e. The van der Waals surface area contributed by atoms with Crippen LogP contribution < -0.4 is 5.32 Å². The average Bonchev–Trinajstić information content (AvgIpc) is 2.60. The molecule has 2 rings (SSSR count). The van der Waals surface area contributed by atoms with Crippen molar-refractivity contribution >= 4 is 11.4 Å². The highest BCUT2D eigenvalue weighted by molar-refractivity contribution is 5.76. The number of nitro groups is 1. The van der Waals surface area contributed by atoms with E-state index in [0.717, 1.165) is 31.5 Å². The fraction of sp³-hybridized carbons (Fsp3) is 0.211. The summed E-state index contributed by atoms with van der Waals surface area (Å²) in [4.78, 5) is 10.3. The SMILES string of the molecule is CCCCc1ccc(N/C(=C\[N+](=O)[O-])c2ccc(C#N)c(F)c2)cc1. The summed E-state index contributed by atoms with van der Waals surface area (Å²) >= 11 is 0. The van der Waals surface area contributed by atoms with Crippen LogP contribution >= 0.6 is 0 Å². The first kappa shape index (κ1) is 18.1. The van der Waals surface area contributed by atoms with Gasteiger partial charge < -0.3 is 5.32 Å². The molecule has 25 heavy (non-hydrogen) atoms. The fourth-order valence-corrected chi connectivity index (χ4v) is 2.35. The monoisotopic (exact) mass is 339 g/mol. The van der Waals surface area contributed by atoms with E-state index in [2.05, 4.69) is 12.2 Å². The molecule has 5 nitrogen and oxygen atoms in total. The molecule has 0 saturated heterocycles. The minimum Gasteiger partial charge on any atom is -0.350 e. The molecule has 0 aliphatic heterocycles. The van der Waals surface area contributed by atoms with Crippen LogP contribution in [0.25, 0.3) is 5.70 Å². The van der Waals surface area contributed by atoms with Gasteiger partial charge >= 0.3 is 0 Å². The Hall–Kier alpha value is -3.20. The van der Waals surface area contributed by atoms with E-state index in [1.165, 1.54) is 17.7 Å². The van der Waals surface area contributed by atoms with Crippen LogP contribution in [-0.4, -0.2) is 4.92 Å². The van der Waals surface area contributed by atoms with Crippen LogP contribution in [-0.2, 0) is 6.42 Å². The number of benzene rings is 2. The van der Waals surface area contributed by atoms with E-state index >= 15 is 0 Å². The fourth-order valence-electron chi connectivity index (χ4n) is 2.35. The predicted octanol–water partition coefficient (Wildman–Crippen LogP) is 4.73. The lowest BCUT2D eigenvalue weighted by Gasteiger charge is -2.10. The molecule has 128 valence electrons. The zero-order chi connectivity index (χ0) is 18.2. The third kappa shape index (κ3) is 5.15. The molecule has 0 saturated carbocycles. The molecule has 0 aliphatic carbocycles. The van der Waals surface area contributed by atoms with Gasteiger partial charge in [0.2, 0.25) is 0 Å². The molecule has 0 radical (unpaired) electrons. The zero-order valence-corrected chi connectivity index (χ0v) is 13.8. The molecule has 2 aromatic carbocycles. The molecular weight excluding hydrogens is 321 g/mol. The Bertz CT molecular complexity index is 824. The van der Waals surface area contributed by atoms with Crippen molar-refractivity contribution in [1.29, 1.82) is 5.26 Å². The molecule has 0 aromatic heterocycles. The molecule has 1 N–H and O–H groups in total. The zero-order valence-electron chi connectivity index (χ0n) is 13.8. The number of nitrogens with zero attached hydrogens (tertiary/aromatic N) is 2. The van der Waals surface area contributed by atoms with Gasteiger partial charge in [0.1, 0.15) is 17.6 Å². The first-order valence-electron chi connectivity index (χ1n) is 7.94. The summed E-state index contributed by atoms with van der Waals surface area (Å²) in [5, 5.41) is 22.6. The van der Waals surface area contributed by atoms with Crippen molar-refractivity contribution in [3.05, 3.63) is 81.3 Å². The molecule has 0 fully saturated rings. The quantitative estimate of drug-likeness (QED) is 0.584. The van der Waals surface area contributed by atoms with Crippen molar-refractivity contribution in [2.75, 3.05) is 5.32 Å². The van der Waals surface area contributed by atoms with Crippen molar-refractivity contribution in [2.45, 2.75) is 26.2 Å². The van der Waals surface area contributed by atoms with E-state index in [4.69, 9.17) is 5.26 Å². The largest absolute Gasteiger partial charge is 0.350 e. The predicted molar refractivity (Wildman–Crippen MR) is 94.8 cm³/mol. The van der Waals surface area contributed by atoms with Gasteiger partial charge in [-0.25, -0.2) is 4.39 Å². The number of hydrogen-bond acceptors (Lipinski definition) is 4. The highest BCUT2D eigenvalue weighted by Crippen LogP contribution is 2.21. The number of nitriles is 1. The normalized spacial score (nSPS) is 11.0. The minimum atomic E-state index is -0.717. The van der Waals surface area contributed by atoms with E-state index in [1.807, 2.05) is 24.3 Å². The molecule has 0 unspecified atom stereocenters. The van der Waals surface area contributed by atoms with Crippen LogP contribution in [0, 0.1) is 27.3 Å². The number of anilines is 1. The van der Waals surface area contributed by atoms with Crippen LogP contribution in [0.4, 0.5) is 10.1 Å². The Morgan fingerprint density at radius 3 is 2.60 bits per heavy atom. The summed E-state index contributed by atoms with van der Waals surface area (Å²) in [6.45, 7) is 2.13. The van der Waals surface area contributed by atoms with Gasteiger partial charge in [0.05, 0.1) is 10.5 Å². The maximum absolute atomic E-state index is 13.8. The lowest BCUT2D eigenvalue weighted by molar-refractivity contribution is -0.401. The second-order valence-corrected chi connectivity index (χ2v) is 5.56. The van der Waals surface area contributed by atoms with Crippen LogP contribution in [0.1, 0.15) is 36.5 Å². The summed E-state index contributed by atoms with van der Waals surface area (Å²) in [5.74, 6) is -0.717. The second kappa shape index (κ2) is 8.60. The molecule has 0 heterocycles. The van der Waals surface area contributed by atoms with Crippen molar-refractivity contribution in [3.63, 3.8) is 0 Å². The summed E-state index contributed by atoms with van der Waals surface area (Å²) in [7, 11) is 0. The molecule has 0 bridgehead atoms. The number of rotatable bonds is 7. The standard InChI is InChI=1S/C19H18FN3O2/c1-2-3-4-14-5-9-17(10-6-14)22-19(13-23(24)25)15-7-8-16(12-21)18(20)11-15/h5-11,13,22H,2-4H2,1H3/b19-13-. The first-order chi connectivity index (χ1) is 12.0. The maximum atomic E-state index is 13.8. The van der Waals surface area contributed by atoms with Gasteiger partial charge in [-0.15, -0.1) is 0 Å². The van der Waals surface area contributed by atoms with Gasteiger partial charge in [-0.3, -0.25) is 10.1 Å². The molecule has 0 amide bonds. The lowest BCUT2D eigenvalue weighted by atomic mass is 10.1. The minimum absolute atomic E-state index is 0.107. The van der Waals surface area contributed by atoms with Crippen LogP contribution in [0.15, 0.2) is 48.7 Å². The summed E-state index contributed by atoms with van der Waals surface area (Å²) < 4.78 is 13.8. The number of halogens is 1. The van der Waals surface area contributed by atoms with E-state index in [9.17, 15) is 14.5 Å². The van der Waals surface area contributed by atoms with E-state index in [0.29, 0.717) is 11.3 Å². The van der Waals surface area contributed by atoms with Crippen LogP contribution in [0.5, 0.6) is 0 Å². The van der Waals surface area contributed by atoms with Crippen molar-refractivity contribution in [3.8, 4) is 6.07 Å². The van der Waals surface area contributed by atoms with Crippen molar-refractivity contribution in [2.24, 2.45) is 0 Å². The third-order valence-electron chi connectivity index (χ3n) is 3.69. The summed E-state index contributed by atoms with van der Waals surface area (Å²) in [6.07, 6.45) is 3.98. The first-order valence-corrected chi connectivity index (χ1v) is 7.94. The van der Waals surface area contributed by atoms with E-state index < -0.39 is 10.7 Å². The molecule has 0 aliphatic rings. The second-order valence-electron chi connectivity index (χ2n) is 5.56. The number of unbranched alkanes of at least 4 members (excludes halogenated alkanes) is 1. The summed E-state index contributed by atoms with van der Waals surface area (Å²) in [5.41, 5.74) is 2.19. The Balaban J connectivity index is 2.26. The number of nitrogens with one attached hydrogen (secondary N) is 1. The molecule has 6 heteroatoms. The maximum Gasteiger partial charge on any atom is 0.258 e. The Kier molecular flexibility index (Phi) is 6.24. The molecule has 2 aromatic rings. The van der Waals surface area contributed by atoms with Crippen molar-refractivity contribution < 1.29 is 9.31 Å². The van der Waals surface area contributed by atoms with E-state index in [-0.39, 0.29) is 11.3 Å². The van der Waals surface area contributed by atoms with Gasteiger partial charge in [0.25, 0.3) is 6.20 Å². The Morgan fingerprint density at radius 1 is 1.32 bits per heavy atom. The Labute approximate surface area is 145 Å². The third-order valence-corrected chi connectivity index (χ3v) is 3.69. The van der Waals surface area contributed by atoms with Crippen LogP contribution in [0.3, 0.4) is 0 Å². The van der Waals surface area contributed by atoms with Gasteiger partial charge in [-0.2, -0.15) is 5.26 Å². The van der Waals surface area contributed by atoms with Gasteiger partial charge in [-0.05, 0) is 42.7 Å². The molecule has 0 spiro atoms. The Morgan fingerprint density at radius 2 is 2.04 bits per heavy atom. The number of hydrogen-bond donors (Lipinski definition) is 1. The van der Waals surface area contributed by atoms with Gasteiger partial charge in [-0.1, -0.05) is 31.5 Å². The highest BCUT2D eigenvalue weighted by atomic mass is 19.1. The van der Waals surface area contributed by atoms with Gasteiger partial charge in [0.15, 0.2) is 0 Å². The van der Waals surface area contributed by atoms with Gasteiger partial charge in [0, 0.05) is 11.3 Å². The average molecular weight is 339 g/mol. The number of aryl methyl sites for hydroxylation is 1. The van der Waals surface area contributed by atoms with Crippen LogP contribution in [0.2, 0.25) is 0 Å². The summed E-state index contributed by atoms with van der Waals surface area (Å²) in [6, 6.07) is 13.2. The molecule has 0 atom stereocenters.